The summed E-state index contributed by atoms with van der Waals surface area (Å²) in [5, 5.41) is 1.65. The molecule has 0 aromatic heterocycles. The SMILES string of the molecule is CC(=O)N[C@@H](CSC(=O)OCOC(C)=O)C(=O)OC(C)C.[HH]. The van der Waals surface area contributed by atoms with Crippen LogP contribution in [0, 0.1) is 0 Å². The van der Waals surface area contributed by atoms with Gasteiger partial charge in [-0.2, -0.15) is 0 Å². The maximum atomic E-state index is 11.7. The van der Waals surface area contributed by atoms with Gasteiger partial charge in [0.1, 0.15) is 6.04 Å². The lowest BCUT2D eigenvalue weighted by Gasteiger charge is -2.17. The van der Waals surface area contributed by atoms with E-state index in [0.717, 1.165) is 0 Å². The number of esters is 2. The topological polar surface area (TPSA) is 108 Å². The minimum Gasteiger partial charge on any atom is -0.461 e. The first-order valence-corrected chi connectivity index (χ1v) is 7.11. The van der Waals surface area contributed by atoms with Gasteiger partial charge in [0, 0.05) is 21.0 Å². The Morgan fingerprint density at radius 1 is 1.14 bits per heavy atom. The Morgan fingerprint density at radius 2 is 1.76 bits per heavy atom. The van der Waals surface area contributed by atoms with Crippen molar-refractivity contribution in [3.05, 3.63) is 0 Å². The molecule has 0 rings (SSSR count). The van der Waals surface area contributed by atoms with Crippen LogP contribution in [-0.4, -0.2) is 47.8 Å². The highest BCUT2D eigenvalue weighted by molar-refractivity contribution is 8.13. The quantitative estimate of drug-likeness (QED) is 0.547. The van der Waals surface area contributed by atoms with Crippen molar-refractivity contribution < 1.29 is 34.8 Å². The van der Waals surface area contributed by atoms with E-state index in [0.29, 0.717) is 11.8 Å². The summed E-state index contributed by atoms with van der Waals surface area (Å²) >= 11 is 0.666. The van der Waals surface area contributed by atoms with Crippen molar-refractivity contribution in [2.45, 2.75) is 39.8 Å². The molecule has 1 atom stereocenters. The number of ether oxygens (including phenoxy) is 3. The number of nitrogens with one attached hydrogen (secondary N) is 1. The van der Waals surface area contributed by atoms with Gasteiger partial charge in [-0.05, 0) is 25.6 Å². The van der Waals surface area contributed by atoms with Crippen LogP contribution >= 0.6 is 11.8 Å². The Balaban J connectivity index is 0. The zero-order chi connectivity index (χ0) is 16.4. The molecule has 122 valence electrons. The lowest BCUT2D eigenvalue weighted by molar-refractivity contribution is -0.150. The molecule has 0 radical (unpaired) electrons. The van der Waals surface area contributed by atoms with E-state index >= 15 is 0 Å². The van der Waals surface area contributed by atoms with Crippen molar-refractivity contribution >= 4 is 34.9 Å². The molecule has 21 heavy (non-hydrogen) atoms. The number of hydrogen-bond donors (Lipinski definition) is 1. The van der Waals surface area contributed by atoms with Crippen LogP contribution in [0.4, 0.5) is 4.79 Å². The van der Waals surface area contributed by atoms with E-state index in [1.54, 1.807) is 13.8 Å². The first kappa shape index (κ1) is 19.2. The first-order chi connectivity index (χ1) is 9.72. The van der Waals surface area contributed by atoms with Crippen LogP contribution in [0.3, 0.4) is 0 Å². The molecule has 0 fully saturated rings. The molecule has 0 aromatic carbocycles. The highest BCUT2D eigenvalue weighted by Gasteiger charge is 2.23. The van der Waals surface area contributed by atoms with Crippen LogP contribution in [0.15, 0.2) is 0 Å². The molecule has 0 aromatic rings. The molecule has 0 saturated carbocycles. The molecular formula is C12H21NO7S. The van der Waals surface area contributed by atoms with E-state index in [1.165, 1.54) is 13.8 Å². The highest BCUT2D eigenvalue weighted by atomic mass is 32.2. The molecule has 0 aliphatic rings. The Kier molecular flexibility index (Phi) is 9.18. The minimum atomic E-state index is -0.962. The number of thioether (sulfide) groups is 1. The Hall–Kier alpha value is -1.77. The molecule has 9 heteroatoms. The van der Waals surface area contributed by atoms with E-state index in [-0.39, 0.29) is 13.3 Å². The Labute approximate surface area is 128 Å². The molecular weight excluding hydrogens is 302 g/mol. The fourth-order valence-electron chi connectivity index (χ4n) is 1.08. The van der Waals surface area contributed by atoms with Crippen molar-refractivity contribution in [1.29, 1.82) is 0 Å². The summed E-state index contributed by atoms with van der Waals surface area (Å²) in [6.45, 7) is 5.27. The standard InChI is InChI=1S/C12H19NO7S.H2/c1-7(2)20-11(16)10(13-8(3)14)5-21-12(17)19-6-18-9(4)15;/h7,10H,5-6H2,1-4H3,(H,13,14);1H/t10-;/m0./s1. The second kappa shape index (κ2) is 10.0. The summed E-state index contributed by atoms with van der Waals surface area (Å²) in [6.07, 6.45) is -0.338. The van der Waals surface area contributed by atoms with Crippen LogP contribution in [0.5, 0.6) is 0 Å². The molecule has 0 unspecified atom stereocenters. The van der Waals surface area contributed by atoms with Crippen molar-refractivity contribution in [3.63, 3.8) is 0 Å². The molecule has 1 N–H and O–H groups in total. The normalized spacial score (nSPS) is 11.5. The fourth-order valence-corrected chi connectivity index (χ4v) is 1.74. The van der Waals surface area contributed by atoms with Crippen molar-refractivity contribution in [1.82, 2.24) is 5.32 Å². The van der Waals surface area contributed by atoms with Crippen LogP contribution in [0.2, 0.25) is 0 Å². The van der Waals surface area contributed by atoms with E-state index in [2.05, 4.69) is 14.8 Å². The van der Waals surface area contributed by atoms with Gasteiger partial charge in [0.2, 0.25) is 12.7 Å². The summed E-state index contributed by atoms with van der Waals surface area (Å²) in [7, 11) is 0. The molecule has 1 amide bonds. The Morgan fingerprint density at radius 3 is 2.24 bits per heavy atom. The predicted molar refractivity (Wildman–Crippen MR) is 76.5 cm³/mol. The summed E-state index contributed by atoms with van der Waals surface area (Å²) in [6, 6.07) is -0.962. The van der Waals surface area contributed by atoms with E-state index in [9.17, 15) is 19.2 Å². The van der Waals surface area contributed by atoms with Gasteiger partial charge in [-0.15, -0.1) is 0 Å². The van der Waals surface area contributed by atoms with Gasteiger partial charge in [-0.3, -0.25) is 9.59 Å². The molecule has 8 nitrogen and oxygen atoms in total. The highest BCUT2D eigenvalue weighted by Crippen LogP contribution is 2.09. The maximum Gasteiger partial charge on any atom is 0.370 e. The number of rotatable bonds is 7. The summed E-state index contributed by atoms with van der Waals surface area (Å²) in [5.41, 5.74) is 0. The fraction of sp³-hybridized carbons (Fsp3) is 0.667. The van der Waals surface area contributed by atoms with E-state index in [1.807, 2.05) is 0 Å². The summed E-state index contributed by atoms with van der Waals surface area (Å²) < 4.78 is 14.0. The molecule has 0 bridgehead atoms. The smallest absolute Gasteiger partial charge is 0.370 e. The molecule has 0 spiro atoms. The zero-order valence-corrected chi connectivity index (χ0v) is 13.2. The molecule has 0 aliphatic carbocycles. The van der Waals surface area contributed by atoms with Crippen LogP contribution in [-0.2, 0) is 28.6 Å². The number of hydrogen-bond acceptors (Lipinski definition) is 8. The number of carbonyl (C=O) groups excluding carboxylic acids is 4. The van der Waals surface area contributed by atoms with Crippen molar-refractivity contribution in [3.8, 4) is 0 Å². The minimum absolute atomic E-state index is 0. The van der Waals surface area contributed by atoms with E-state index in [4.69, 9.17) is 4.74 Å². The lowest BCUT2D eigenvalue weighted by atomic mass is 10.3. The maximum absolute atomic E-state index is 11.7. The van der Waals surface area contributed by atoms with Crippen LogP contribution < -0.4 is 5.32 Å². The van der Waals surface area contributed by atoms with Gasteiger partial charge < -0.3 is 19.5 Å². The van der Waals surface area contributed by atoms with Gasteiger partial charge in [0.05, 0.1) is 6.10 Å². The largest absolute Gasteiger partial charge is 0.461 e. The zero-order valence-electron chi connectivity index (χ0n) is 12.3. The van der Waals surface area contributed by atoms with Crippen LogP contribution in [0.25, 0.3) is 0 Å². The average Bonchev–Trinajstić information content (AvgIpc) is 2.32. The second-order valence-electron chi connectivity index (χ2n) is 4.20. The third kappa shape index (κ3) is 10.7. The van der Waals surface area contributed by atoms with Gasteiger partial charge in [-0.1, -0.05) is 0 Å². The Bertz CT molecular complexity index is 403. The van der Waals surface area contributed by atoms with Gasteiger partial charge >= 0.3 is 17.2 Å². The third-order valence-corrected chi connectivity index (χ3v) is 2.67. The average molecular weight is 323 g/mol. The van der Waals surface area contributed by atoms with E-state index < -0.39 is 36.0 Å². The van der Waals surface area contributed by atoms with Crippen LogP contribution in [0.1, 0.15) is 29.1 Å². The summed E-state index contributed by atoms with van der Waals surface area (Å²) in [4.78, 5) is 44.6. The number of carbonyl (C=O) groups is 4. The molecule has 0 heterocycles. The van der Waals surface area contributed by atoms with Crippen molar-refractivity contribution in [2.24, 2.45) is 0 Å². The lowest BCUT2D eigenvalue weighted by Crippen LogP contribution is -2.43. The summed E-state index contributed by atoms with van der Waals surface area (Å²) in [5.74, 6) is -1.69. The number of amides is 1. The predicted octanol–water partition coefficient (Wildman–Crippen LogP) is 1.08. The first-order valence-electron chi connectivity index (χ1n) is 6.13. The van der Waals surface area contributed by atoms with Gasteiger partial charge in [-0.25, -0.2) is 9.59 Å². The van der Waals surface area contributed by atoms with Gasteiger partial charge in [0.15, 0.2) is 0 Å². The molecule has 0 saturated heterocycles. The van der Waals surface area contributed by atoms with Crippen molar-refractivity contribution in [2.75, 3.05) is 12.5 Å². The third-order valence-electron chi connectivity index (χ3n) is 1.82. The second-order valence-corrected chi connectivity index (χ2v) is 5.15. The van der Waals surface area contributed by atoms with Gasteiger partial charge in [0.25, 0.3) is 0 Å². The molecule has 0 aliphatic heterocycles. The monoisotopic (exact) mass is 323 g/mol.